The molecule has 33 heavy (non-hydrogen) atoms. The first-order valence-corrected chi connectivity index (χ1v) is 12.4. The van der Waals surface area contributed by atoms with Crippen LogP contribution >= 0.6 is 0 Å². The maximum atomic E-state index is 13.1. The van der Waals surface area contributed by atoms with Crippen LogP contribution in [0.2, 0.25) is 0 Å². The molecule has 1 saturated carbocycles. The molecule has 0 radical (unpaired) electrons. The van der Waals surface area contributed by atoms with Gasteiger partial charge in [0.25, 0.3) is 0 Å². The number of benzene rings is 1. The van der Waals surface area contributed by atoms with Crippen LogP contribution in [0.3, 0.4) is 0 Å². The van der Waals surface area contributed by atoms with Crippen LogP contribution in [0.15, 0.2) is 30.3 Å². The molecule has 7 nitrogen and oxygen atoms in total. The van der Waals surface area contributed by atoms with Crippen LogP contribution in [0.5, 0.6) is 0 Å². The molecule has 0 aromatic heterocycles. The minimum absolute atomic E-state index is 0.167. The number of alkyl carbamates (subject to hydrolysis) is 1. The summed E-state index contributed by atoms with van der Waals surface area (Å²) in [7, 11) is 0. The summed E-state index contributed by atoms with van der Waals surface area (Å²) in [5.41, 5.74) is 0.288. The number of likely N-dealkylation sites (tertiary alicyclic amines) is 1. The second kappa shape index (κ2) is 9.92. The number of ether oxygens (including phenoxy) is 3. The van der Waals surface area contributed by atoms with Crippen LogP contribution in [-0.4, -0.2) is 60.1 Å². The van der Waals surface area contributed by atoms with Crippen molar-refractivity contribution < 1.29 is 23.8 Å². The van der Waals surface area contributed by atoms with E-state index < -0.39 is 17.2 Å². The second-order valence-corrected chi connectivity index (χ2v) is 10.7. The van der Waals surface area contributed by atoms with E-state index in [9.17, 15) is 9.59 Å². The molecule has 1 N–H and O–H groups in total. The Kier molecular flexibility index (Phi) is 7.17. The van der Waals surface area contributed by atoms with Crippen LogP contribution in [0.25, 0.3) is 0 Å². The van der Waals surface area contributed by atoms with Crippen LogP contribution < -0.4 is 5.32 Å². The van der Waals surface area contributed by atoms with Crippen LogP contribution in [0.4, 0.5) is 9.59 Å². The zero-order valence-electron chi connectivity index (χ0n) is 20.2. The quantitative estimate of drug-likeness (QED) is 0.687. The lowest BCUT2D eigenvalue weighted by Crippen LogP contribution is -2.70. The van der Waals surface area contributed by atoms with Gasteiger partial charge in [-0.15, -0.1) is 0 Å². The van der Waals surface area contributed by atoms with Gasteiger partial charge in [0.2, 0.25) is 0 Å². The van der Waals surface area contributed by atoms with E-state index in [1.165, 1.54) is 5.56 Å². The second-order valence-electron chi connectivity index (χ2n) is 10.7. The Morgan fingerprint density at radius 3 is 2.55 bits per heavy atom. The third kappa shape index (κ3) is 5.81. The number of carbonyl (C=O) groups is 2. The van der Waals surface area contributed by atoms with Crippen molar-refractivity contribution in [3.8, 4) is 0 Å². The van der Waals surface area contributed by atoms with Crippen molar-refractivity contribution in [1.82, 2.24) is 10.2 Å². The Hall–Kier alpha value is -2.28. The largest absolute Gasteiger partial charge is 0.449 e. The number of piperidine rings is 1. The van der Waals surface area contributed by atoms with Gasteiger partial charge in [-0.3, -0.25) is 0 Å². The van der Waals surface area contributed by atoms with E-state index >= 15 is 0 Å². The van der Waals surface area contributed by atoms with Crippen LogP contribution in [-0.2, 0) is 14.2 Å². The number of hydrogen-bond donors (Lipinski definition) is 1. The Balaban J connectivity index is 1.43. The fourth-order valence-corrected chi connectivity index (χ4v) is 5.55. The average Bonchev–Trinajstić information content (AvgIpc) is 2.78. The zero-order chi connectivity index (χ0) is 23.5. The Morgan fingerprint density at radius 2 is 1.88 bits per heavy atom. The average molecular weight is 459 g/mol. The SMILES string of the molecule is CC(C)(C)OC(=O)N1CCC[C@@]2(CCOC(=O)N2)[C@@H]1CO[C@H]1CC[C@@H](c2ccccc2)CC1. The first-order chi connectivity index (χ1) is 15.8. The molecule has 2 amide bonds. The summed E-state index contributed by atoms with van der Waals surface area (Å²) in [6, 6.07) is 10.4. The summed E-state index contributed by atoms with van der Waals surface area (Å²) in [6.45, 7) is 6.96. The van der Waals surface area contributed by atoms with Gasteiger partial charge in [-0.1, -0.05) is 30.3 Å². The number of cyclic esters (lactones) is 1. The molecule has 1 aromatic carbocycles. The van der Waals surface area contributed by atoms with Gasteiger partial charge in [0, 0.05) is 13.0 Å². The lowest BCUT2D eigenvalue weighted by atomic mass is 9.78. The summed E-state index contributed by atoms with van der Waals surface area (Å²) in [4.78, 5) is 27.0. The van der Waals surface area contributed by atoms with E-state index in [0.717, 1.165) is 38.5 Å². The molecule has 0 bridgehead atoms. The van der Waals surface area contributed by atoms with Crippen LogP contribution in [0.1, 0.15) is 77.2 Å². The molecule has 182 valence electrons. The molecular weight excluding hydrogens is 420 g/mol. The van der Waals surface area contributed by atoms with E-state index in [1.807, 2.05) is 20.8 Å². The van der Waals surface area contributed by atoms with Crippen molar-refractivity contribution in [3.05, 3.63) is 35.9 Å². The molecule has 1 aliphatic carbocycles. The first kappa shape index (κ1) is 23.9. The molecule has 2 saturated heterocycles. The van der Waals surface area contributed by atoms with E-state index in [2.05, 4.69) is 35.6 Å². The molecule has 7 heteroatoms. The summed E-state index contributed by atoms with van der Waals surface area (Å²) >= 11 is 0. The zero-order valence-corrected chi connectivity index (χ0v) is 20.2. The lowest BCUT2D eigenvalue weighted by Gasteiger charge is -2.51. The Bertz CT molecular complexity index is 812. The maximum Gasteiger partial charge on any atom is 0.410 e. The predicted molar refractivity (Wildman–Crippen MR) is 125 cm³/mol. The van der Waals surface area contributed by atoms with Crippen LogP contribution in [0, 0.1) is 0 Å². The van der Waals surface area contributed by atoms with E-state index in [1.54, 1.807) is 4.90 Å². The maximum absolute atomic E-state index is 13.1. The van der Waals surface area contributed by atoms with E-state index in [-0.39, 0.29) is 18.2 Å². The normalized spacial score (nSPS) is 30.5. The first-order valence-electron chi connectivity index (χ1n) is 12.4. The smallest absolute Gasteiger partial charge is 0.410 e. The van der Waals surface area contributed by atoms with Gasteiger partial charge in [0.15, 0.2) is 0 Å². The molecule has 0 unspecified atom stereocenters. The third-order valence-electron chi connectivity index (χ3n) is 7.23. The van der Waals surface area contributed by atoms with Gasteiger partial charge in [0.1, 0.15) is 5.60 Å². The van der Waals surface area contributed by atoms with Gasteiger partial charge < -0.3 is 24.4 Å². The standard InChI is InChI=1S/C26H38N2O5/c1-25(2,3)33-24(30)28-16-7-14-26(15-17-31-23(29)27-26)22(28)18-32-21-12-10-20(11-13-21)19-8-5-4-6-9-19/h4-6,8-9,20-22H,7,10-18H2,1-3H3,(H,27,29)/t20-,21+,22-,26+/m0/s1. The minimum Gasteiger partial charge on any atom is -0.449 e. The van der Waals surface area contributed by atoms with Crippen molar-refractivity contribution in [2.45, 2.75) is 94.9 Å². The number of hydrogen-bond acceptors (Lipinski definition) is 5. The summed E-state index contributed by atoms with van der Waals surface area (Å²) < 4.78 is 17.3. The molecular formula is C26H38N2O5. The van der Waals surface area contributed by atoms with E-state index in [0.29, 0.717) is 32.1 Å². The highest BCUT2D eigenvalue weighted by atomic mass is 16.6. The third-order valence-corrected chi connectivity index (χ3v) is 7.23. The van der Waals surface area contributed by atoms with E-state index in [4.69, 9.17) is 14.2 Å². The van der Waals surface area contributed by atoms with Gasteiger partial charge in [0.05, 0.1) is 30.9 Å². The highest BCUT2D eigenvalue weighted by Crippen LogP contribution is 2.37. The summed E-state index contributed by atoms with van der Waals surface area (Å²) in [5.74, 6) is 0.583. The molecule has 2 atom stereocenters. The lowest BCUT2D eigenvalue weighted by molar-refractivity contribution is -0.0700. The van der Waals surface area contributed by atoms with Crippen molar-refractivity contribution >= 4 is 12.2 Å². The molecule has 1 aromatic rings. The fraction of sp³-hybridized carbons (Fsp3) is 0.692. The van der Waals surface area contributed by atoms with Crippen molar-refractivity contribution in [1.29, 1.82) is 0 Å². The van der Waals surface area contributed by atoms with Gasteiger partial charge >= 0.3 is 12.2 Å². The van der Waals surface area contributed by atoms with Gasteiger partial charge in [-0.05, 0) is 70.8 Å². The van der Waals surface area contributed by atoms with Gasteiger partial charge in [-0.25, -0.2) is 9.59 Å². The highest BCUT2D eigenvalue weighted by Gasteiger charge is 2.50. The van der Waals surface area contributed by atoms with Crippen molar-refractivity contribution in [3.63, 3.8) is 0 Å². The molecule has 1 spiro atoms. The predicted octanol–water partition coefficient (Wildman–Crippen LogP) is 5.00. The number of nitrogens with zero attached hydrogens (tertiary/aromatic N) is 1. The number of amides is 2. The topological polar surface area (TPSA) is 77.1 Å². The molecule has 2 heterocycles. The number of nitrogens with one attached hydrogen (secondary N) is 1. The molecule has 3 fully saturated rings. The molecule has 3 aliphatic rings. The van der Waals surface area contributed by atoms with Crippen molar-refractivity contribution in [2.75, 3.05) is 19.8 Å². The summed E-state index contributed by atoms with van der Waals surface area (Å²) in [6.07, 6.45) is 5.88. The molecule has 4 rings (SSSR count). The minimum atomic E-state index is -0.582. The van der Waals surface area contributed by atoms with Gasteiger partial charge in [-0.2, -0.15) is 0 Å². The number of rotatable bonds is 4. The number of carbonyl (C=O) groups excluding carboxylic acids is 2. The molecule has 2 aliphatic heterocycles. The highest BCUT2D eigenvalue weighted by molar-refractivity contribution is 5.71. The fourth-order valence-electron chi connectivity index (χ4n) is 5.55. The van der Waals surface area contributed by atoms with Crippen molar-refractivity contribution in [2.24, 2.45) is 0 Å². The Labute approximate surface area is 197 Å². The Morgan fingerprint density at radius 1 is 1.15 bits per heavy atom. The monoisotopic (exact) mass is 458 g/mol. The summed E-state index contributed by atoms with van der Waals surface area (Å²) in [5, 5.41) is 3.06.